The lowest BCUT2D eigenvalue weighted by molar-refractivity contribution is 1.18. The van der Waals surface area contributed by atoms with Crippen molar-refractivity contribution in [2.45, 2.75) is 9.79 Å². The molecule has 0 fully saturated rings. The Kier molecular flexibility index (Phi) is 8.13. The van der Waals surface area contributed by atoms with E-state index in [1.165, 1.54) is 32.0 Å². The summed E-state index contributed by atoms with van der Waals surface area (Å²) in [5.74, 6) is 0.685. The topological polar surface area (TPSA) is 38.7 Å². The van der Waals surface area contributed by atoms with Crippen LogP contribution in [-0.2, 0) is 0 Å². The first-order valence-electron chi connectivity index (χ1n) is 17.0. The molecule has 0 radical (unpaired) electrons. The third-order valence-corrected chi connectivity index (χ3v) is 10.4. The van der Waals surface area contributed by atoms with Crippen LogP contribution in [0.3, 0.4) is 0 Å². The lowest BCUT2D eigenvalue weighted by Gasteiger charge is -2.15. The second-order valence-corrected chi connectivity index (χ2v) is 13.5. The number of hydrogen-bond acceptors (Lipinski definition) is 4. The van der Waals surface area contributed by atoms with Crippen molar-refractivity contribution in [3.8, 4) is 67.3 Å². The number of rotatable bonds is 4. The van der Waals surface area contributed by atoms with Crippen LogP contribution in [0, 0.1) is 0 Å². The van der Waals surface area contributed by atoms with Crippen molar-refractivity contribution in [3.05, 3.63) is 187 Å². The van der Waals surface area contributed by atoms with Gasteiger partial charge in [0.1, 0.15) is 0 Å². The maximum Gasteiger partial charge on any atom is 0.160 e. The van der Waals surface area contributed by atoms with Gasteiger partial charge in [0, 0.05) is 38.9 Å². The van der Waals surface area contributed by atoms with Crippen molar-refractivity contribution < 1.29 is 0 Å². The summed E-state index contributed by atoms with van der Waals surface area (Å²) in [4.78, 5) is 17.1. The van der Waals surface area contributed by atoms with Crippen LogP contribution in [0.4, 0.5) is 0 Å². The van der Waals surface area contributed by atoms with Crippen molar-refractivity contribution in [2.24, 2.45) is 0 Å². The van der Waals surface area contributed by atoms with Crippen LogP contribution >= 0.6 is 11.8 Å². The molecule has 0 unspecified atom stereocenters. The van der Waals surface area contributed by atoms with Crippen LogP contribution in [0.5, 0.6) is 0 Å². The molecule has 0 atom stereocenters. The molecule has 3 heterocycles. The van der Waals surface area contributed by atoms with Gasteiger partial charge in [0.05, 0.1) is 11.4 Å². The summed E-state index contributed by atoms with van der Waals surface area (Å²) in [5.41, 5.74) is 14.1. The molecule has 3 nitrogen and oxygen atoms in total. The molecule has 0 saturated heterocycles. The van der Waals surface area contributed by atoms with Gasteiger partial charge in [-0.05, 0) is 74.8 Å². The summed E-state index contributed by atoms with van der Waals surface area (Å²) >= 11 is 1.81. The molecule has 8 aromatic rings. The predicted molar refractivity (Wildman–Crippen MR) is 212 cm³/mol. The molecule has 0 aliphatic carbocycles. The van der Waals surface area contributed by atoms with Crippen LogP contribution in [0.15, 0.2) is 186 Å². The van der Waals surface area contributed by atoms with E-state index in [2.05, 4.69) is 169 Å². The summed E-state index contributed by atoms with van der Waals surface area (Å²) in [7, 11) is 0. The van der Waals surface area contributed by atoms with Crippen LogP contribution in [0.25, 0.3) is 79.4 Å². The number of pyridine rings is 1. The molecular weight excluding hydrogens is 639 g/mol. The van der Waals surface area contributed by atoms with Gasteiger partial charge in [0.2, 0.25) is 0 Å². The van der Waals surface area contributed by atoms with Crippen molar-refractivity contribution in [1.82, 2.24) is 15.0 Å². The average Bonchev–Trinajstić information content (AvgIpc) is 3.23. The van der Waals surface area contributed by atoms with Gasteiger partial charge >= 0.3 is 0 Å². The van der Waals surface area contributed by atoms with Gasteiger partial charge in [-0.2, -0.15) is 0 Å². The standard InChI is InChI=1S/C47H31N3S/c1-2-12-35(13-3-1)43-30-44(36-25-20-32(21-26-36)38-14-10-28-48-31-38)50-47(49-43)37-27-24-34-23-22-33-11-4-5-15-39(33)40-16-6-8-18-45(40)51-46-19-9-7-17-41(46)42(34)29-37/h1-31H. The minimum absolute atomic E-state index is 0.685. The predicted octanol–water partition coefficient (Wildman–Crippen LogP) is 12.5. The van der Waals surface area contributed by atoms with E-state index in [1.807, 2.05) is 30.1 Å². The Hall–Kier alpha value is -6.36. The highest BCUT2D eigenvalue weighted by molar-refractivity contribution is 7.99. The highest BCUT2D eigenvalue weighted by Crippen LogP contribution is 2.44. The minimum atomic E-state index is 0.685. The molecule has 0 N–H and O–H groups in total. The van der Waals surface area contributed by atoms with E-state index in [0.29, 0.717) is 5.82 Å². The summed E-state index contributed by atoms with van der Waals surface area (Å²) in [6.07, 6.45) is 8.17. The molecule has 51 heavy (non-hydrogen) atoms. The Morgan fingerprint density at radius 3 is 1.63 bits per heavy atom. The van der Waals surface area contributed by atoms with Gasteiger partial charge in [0.15, 0.2) is 5.82 Å². The van der Waals surface area contributed by atoms with Crippen molar-refractivity contribution in [2.75, 3.05) is 0 Å². The molecule has 0 amide bonds. The van der Waals surface area contributed by atoms with Crippen LogP contribution in [-0.4, -0.2) is 15.0 Å². The molecule has 4 heteroatoms. The second kappa shape index (κ2) is 13.5. The maximum absolute atomic E-state index is 5.21. The molecular formula is C47H31N3S. The summed E-state index contributed by atoms with van der Waals surface area (Å²) < 4.78 is 0. The Morgan fingerprint density at radius 2 is 0.922 bits per heavy atom. The molecule has 2 aromatic heterocycles. The fourth-order valence-corrected chi connectivity index (χ4v) is 7.77. The van der Waals surface area contributed by atoms with E-state index in [4.69, 9.17) is 9.97 Å². The van der Waals surface area contributed by atoms with Crippen molar-refractivity contribution in [1.29, 1.82) is 0 Å². The lowest BCUT2D eigenvalue weighted by Crippen LogP contribution is -1.97. The molecule has 0 saturated carbocycles. The molecule has 6 aromatic carbocycles. The van der Waals surface area contributed by atoms with Gasteiger partial charge < -0.3 is 0 Å². The zero-order valence-corrected chi connectivity index (χ0v) is 28.5. The zero-order valence-electron chi connectivity index (χ0n) is 27.6. The third kappa shape index (κ3) is 6.18. The number of hydrogen-bond donors (Lipinski definition) is 0. The normalized spacial score (nSPS) is 11.8. The second-order valence-electron chi connectivity index (χ2n) is 12.5. The largest absolute Gasteiger partial charge is 0.264 e. The van der Waals surface area contributed by atoms with Crippen LogP contribution in [0.1, 0.15) is 11.1 Å². The molecule has 0 spiro atoms. The van der Waals surface area contributed by atoms with E-state index in [0.717, 1.165) is 50.3 Å². The van der Waals surface area contributed by atoms with Crippen LogP contribution < -0.4 is 0 Å². The summed E-state index contributed by atoms with van der Waals surface area (Å²) in [6.45, 7) is 0. The average molecular weight is 670 g/mol. The number of nitrogens with zero attached hydrogens (tertiary/aromatic N) is 3. The highest BCUT2D eigenvalue weighted by atomic mass is 32.2. The van der Waals surface area contributed by atoms with E-state index in [1.54, 1.807) is 6.20 Å². The monoisotopic (exact) mass is 669 g/mol. The summed E-state index contributed by atoms with van der Waals surface area (Å²) in [5, 5.41) is 0. The van der Waals surface area contributed by atoms with Gasteiger partial charge in [-0.25, -0.2) is 9.97 Å². The number of aromatic nitrogens is 3. The third-order valence-electron chi connectivity index (χ3n) is 9.26. The Balaban J connectivity index is 1.21. The molecule has 1 aliphatic heterocycles. The van der Waals surface area contributed by atoms with Gasteiger partial charge in [0.25, 0.3) is 0 Å². The Morgan fingerprint density at radius 1 is 0.373 bits per heavy atom. The van der Waals surface area contributed by atoms with E-state index in [9.17, 15) is 0 Å². The quantitative estimate of drug-likeness (QED) is 0.187. The number of benzene rings is 6. The van der Waals surface area contributed by atoms with Gasteiger partial charge in [-0.15, -0.1) is 0 Å². The SMILES string of the molecule is C1=Cc2ccc(-c3nc(-c4ccccc4)cc(-c4ccc(-c5cccnc5)cc4)n3)cc2-c2ccccc2Sc2ccccc2-c2ccccc21. The van der Waals surface area contributed by atoms with Gasteiger partial charge in [-0.3, -0.25) is 4.98 Å². The number of fused-ring (bicyclic) bond motifs is 6. The Labute approximate surface area is 302 Å². The summed E-state index contributed by atoms with van der Waals surface area (Å²) in [6, 6.07) is 57.6. The first-order chi connectivity index (χ1) is 25.3. The molecule has 9 rings (SSSR count). The van der Waals surface area contributed by atoms with E-state index >= 15 is 0 Å². The first-order valence-corrected chi connectivity index (χ1v) is 17.8. The van der Waals surface area contributed by atoms with Crippen molar-refractivity contribution in [3.63, 3.8) is 0 Å². The zero-order chi connectivity index (χ0) is 34.0. The van der Waals surface area contributed by atoms with Crippen molar-refractivity contribution >= 4 is 23.9 Å². The first kappa shape index (κ1) is 30.7. The minimum Gasteiger partial charge on any atom is -0.264 e. The maximum atomic E-state index is 5.21. The lowest BCUT2D eigenvalue weighted by atomic mass is 9.94. The van der Waals surface area contributed by atoms with Gasteiger partial charge in [-0.1, -0.05) is 157 Å². The highest BCUT2D eigenvalue weighted by Gasteiger charge is 2.18. The molecule has 240 valence electrons. The van der Waals surface area contributed by atoms with E-state index in [-0.39, 0.29) is 0 Å². The van der Waals surface area contributed by atoms with Crippen LogP contribution in [0.2, 0.25) is 0 Å². The molecule has 1 aliphatic rings. The smallest absolute Gasteiger partial charge is 0.160 e. The van der Waals surface area contributed by atoms with E-state index < -0.39 is 0 Å². The Bertz CT molecular complexity index is 2540. The fraction of sp³-hybridized carbons (Fsp3) is 0. The molecule has 0 bridgehead atoms. The fourth-order valence-electron chi connectivity index (χ4n) is 6.66.